The molecule has 0 fully saturated rings. The number of rotatable bonds is 5. The minimum absolute atomic E-state index is 0.132. The lowest BCUT2D eigenvalue weighted by Crippen LogP contribution is -2.32. The lowest BCUT2D eigenvalue weighted by molar-refractivity contribution is 0.0959. The minimum atomic E-state index is -0.219. The summed E-state index contributed by atoms with van der Waals surface area (Å²) in [5.41, 5.74) is 4.10. The van der Waals surface area contributed by atoms with Gasteiger partial charge in [0.15, 0.2) is 0 Å². The average Bonchev–Trinajstić information content (AvgIpc) is 3.02. The number of nitrogens with zero attached hydrogens (tertiary/aromatic N) is 1. The fourth-order valence-electron chi connectivity index (χ4n) is 4.31. The quantitative estimate of drug-likeness (QED) is 0.485. The smallest absolute Gasteiger partial charge is 0.262 e. The number of nitrogens with one attached hydrogen (secondary N) is 1. The first-order valence-electron chi connectivity index (χ1n) is 11.1. The number of carbonyl (C=O) groups excluding carboxylic acids is 2. The SMILES string of the molecule is COc1cc(NC(=O)c2ccccc2C)ccc1C(=O)N1CCCC(OC)c2cc(Cl)ccc21. The number of benzene rings is 3. The van der Waals surface area contributed by atoms with Gasteiger partial charge >= 0.3 is 0 Å². The van der Waals surface area contributed by atoms with Crippen molar-refractivity contribution in [3.8, 4) is 5.75 Å². The highest BCUT2D eigenvalue weighted by Gasteiger charge is 2.29. The van der Waals surface area contributed by atoms with Crippen molar-refractivity contribution < 1.29 is 19.1 Å². The van der Waals surface area contributed by atoms with E-state index in [0.717, 1.165) is 29.7 Å². The van der Waals surface area contributed by atoms with Crippen LogP contribution in [0.4, 0.5) is 11.4 Å². The van der Waals surface area contributed by atoms with Crippen molar-refractivity contribution >= 4 is 34.8 Å². The molecule has 0 aromatic heterocycles. The number of fused-ring (bicyclic) bond motifs is 1. The highest BCUT2D eigenvalue weighted by Crippen LogP contribution is 2.38. The maximum absolute atomic E-state index is 13.7. The molecule has 1 atom stereocenters. The summed E-state index contributed by atoms with van der Waals surface area (Å²) in [7, 11) is 3.18. The Morgan fingerprint density at radius 3 is 2.56 bits per heavy atom. The van der Waals surface area contributed by atoms with Gasteiger partial charge in [-0.25, -0.2) is 0 Å². The molecule has 4 rings (SSSR count). The number of carbonyl (C=O) groups is 2. The van der Waals surface area contributed by atoms with Crippen molar-refractivity contribution in [2.75, 3.05) is 31.0 Å². The molecule has 0 saturated heterocycles. The molecule has 34 heavy (non-hydrogen) atoms. The molecule has 1 unspecified atom stereocenters. The highest BCUT2D eigenvalue weighted by molar-refractivity contribution is 6.30. The first-order valence-corrected chi connectivity index (χ1v) is 11.5. The average molecular weight is 479 g/mol. The molecule has 1 N–H and O–H groups in total. The number of hydrogen-bond acceptors (Lipinski definition) is 4. The van der Waals surface area contributed by atoms with Gasteiger partial charge in [-0.05, 0) is 61.7 Å². The van der Waals surface area contributed by atoms with Crippen LogP contribution >= 0.6 is 11.6 Å². The normalized spacial score (nSPS) is 15.3. The zero-order valence-corrected chi connectivity index (χ0v) is 20.2. The van der Waals surface area contributed by atoms with Crippen LogP contribution in [0.2, 0.25) is 5.02 Å². The van der Waals surface area contributed by atoms with Gasteiger partial charge in [0.1, 0.15) is 5.75 Å². The van der Waals surface area contributed by atoms with E-state index in [4.69, 9.17) is 21.1 Å². The Morgan fingerprint density at radius 1 is 1.03 bits per heavy atom. The molecule has 6 nitrogen and oxygen atoms in total. The number of hydrogen-bond donors (Lipinski definition) is 1. The third kappa shape index (κ3) is 4.79. The summed E-state index contributed by atoms with van der Waals surface area (Å²) in [6.07, 6.45) is 1.44. The zero-order chi connectivity index (χ0) is 24.2. The fraction of sp³-hybridized carbons (Fsp3) is 0.259. The van der Waals surface area contributed by atoms with Crippen LogP contribution in [-0.2, 0) is 4.74 Å². The molecular formula is C27H27ClN2O4. The Morgan fingerprint density at radius 2 is 1.82 bits per heavy atom. The number of methoxy groups -OCH3 is 2. The lowest BCUT2D eigenvalue weighted by atomic mass is 10.0. The topological polar surface area (TPSA) is 67.9 Å². The van der Waals surface area contributed by atoms with Gasteiger partial charge in [0.25, 0.3) is 11.8 Å². The van der Waals surface area contributed by atoms with E-state index in [2.05, 4.69) is 5.32 Å². The Balaban J connectivity index is 1.64. The predicted molar refractivity (Wildman–Crippen MR) is 134 cm³/mol. The van der Waals surface area contributed by atoms with Gasteiger partial charge in [-0.1, -0.05) is 29.8 Å². The zero-order valence-electron chi connectivity index (χ0n) is 19.4. The van der Waals surface area contributed by atoms with E-state index < -0.39 is 0 Å². The summed E-state index contributed by atoms with van der Waals surface area (Å²) in [5.74, 6) is -0.0206. The Kier molecular flexibility index (Phi) is 7.20. The van der Waals surface area contributed by atoms with Gasteiger partial charge in [-0.2, -0.15) is 0 Å². The molecule has 1 aliphatic rings. The van der Waals surface area contributed by atoms with Crippen molar-refractivity contribution in [1.29, 1.82) is 0 Å². The van der Waals surface area contributed by atoms with E-state index in [1.807, 2.05) is 37.3 Å². The summed E-state index contributed by atoms with van der Waals surface area (Å²) >= 11 is 6.24. The molecule has 0 aliphatic carbocycles. The van der Waals surface area contributed by atoms with Crippen molar-refractivity contribution in [2.45, 2.75) is 25.9 Å². The molecule has 3 aromatic rings. The van der Waals surface area contributed by atoms with Crippen LogP contribution in [0.15, 0.2) is 60.7 Å². The van der Waals surface area contributed by atoms with Crippen LogP contribution in [0.1, 0.15) is 50.8 Å². The Labute approximate surface area is 204 Å². The summed E-state index contributed by atoms with van der Waals surface area (Å²) < 4.78 is 11.2. The molecule has 1 aliphatic heterocycles. The number of ether oxygens (including phenoxy) is 2. The van der Waals surface area contributed by atoms with Crippen molar-refractivity contribution in [3.63, 3.8) is 0 Å². The summed E-state index contributed by atoms with van der Waals surface area (Å²) in [4.78, 5) is 28.1. The summed E-state index contributed by atoms with van der Waals surface area (Å²) in [5, 5.41) is 3.49. The van der Waals surface area contributed by atoms with Crippen molar-refractivity contribution in [2.24, 2.45) is 0 Å². The van der Waals surface area contributed by atoms with Crippen LogP contribution in [0.25, 0.3) is 0 Å². The van der Waals surface area contributed by atoms with Gasteiger partial charge in [-0.3, -0.25) is 9.59 Å². The standard InChI is InChI=1S/C27H27ClN2O4/c1-17-7-4-5-8-20(17)26(31)29-19-11-12-21(25(16-19)34-3)27(32)30-14-6-9-24(33-2)22-15-18(28)10-13-23(22)30/h4-5,7-8,10-13,15-16,24H,6,9,14H2,1-3H3,(H,29,31). The molecule has 1 heterocycles. The largest absolute Gasteiger partial charge is 0.496 e. The number of aryl methyl sites for hydroxylation is 1. The second-order valence-electron chi connectivity index (χ2n) is 8.21. The van der Waals surface area contributed by atoms with E-state index in [1.165, 1.54) is 7.11 Å². The molecule has 2 amide bonds. The molecule has 0 radical (unpaired) electrons. The van der Waals surface area contributed by atoms with E-state index in [1.54, 1.807) is 42.3 Å². The molecule has 3 aromatic carbocycles. The maximum atomic E-state index is 13.7. The van der Waals surface area contributed by atoms with Gasteiger partial charge in [0.2, 0.25) is 0 Å². The van der Waals surface area contributed by atoms with Gasteiger partial charge < -0.3 is 19.7 Å². The van der Waals surface area contributed by atoms with Crippen molar-refractivity contribution in [1.82, 2.24) is 0 Å². The summed E-state index contributed by atoms with van der Waals surface area (Å²) in [6.45, 7) is 2.43. The molecule has 176 valence electrons. The third-order valence-corrected chi connectivity index (χ3v) is 6.32. The highest BCUT2D eigenvalue weighted by atomic mass is 35.5. The van der Waals surface area contributed by atoms with Gasteiger partial charge in [0, 0.05) is 47.2 Å². The maximum Gasteiger partial charge on any atom is 0.262 e. The van der Waals surface area contributed by atoms with E-state index in [0.29, 0.717) is 34.1 Å². The molecule has 0 saturated carbocycles. The number of amides is 2. The van der Waals surface area contributed by atoms with Crippen LogP contribution in [-0.4, -0.2) is 32.6 Å². The Hall–Kier alpha value is -3.35. The summed E-state index contributed by atoms with van der Waals surface area (Å²) in [6, 6.07) is 17.9. The van der Waals surface area contributed by atoms with Crippen LogP contribution in [0.5, 0.6) is 5.75 Å². The molecular weight excluding hydrogens is 452 g/mol. The van der Waals surface area contributed by atoms with Crippen LogP contribution in [0, 0.1) is 6.92 Å². The second kappa shape index (κ2) is 10.3. The lowest BCUT2D eigenvalue weighted by Gasteiger charge is -2.25. The monoisotopic (exact) mass is 478 g/mol. The van der Waals surface area contributed by atoms with E-state index >= 15 is 0 Å². The first kappa shape index (κ1) is 23.8. The van der Waals surface area contributed by atoms with E-state index in [-0.39, 0.29) is 17.9 Å². The number of halogens is 1. The van der Waals surface area contributed by atoms with Crippen LogP contribution in [0.3, 0.4) is 0 Å². The first-order chi connectivity index (χ1) is 16.4. The molecule has 0 bridgehead atoms. The minimum Gasteiger partial charge on any atom is -0.496 e. The van der Waals surface area contributed by atoms with E-state index in [9.17, 15) is 9.59 Å². The van der Waals surface area contributed by atoms with Crippen molar-refractivity contribution in [3.05, 3.63) is 87.9 Å². The van der Waals surface area contributed by atoms with Crippen LogP contribution < -0.4 is 15.0 Å². The Bertz CT molecular complexity index is 1230. The second-order valence-corrected chi connectivity index (χ2v) is 8.65. The van der Waals surface area contributed by atoms with Gasteiger partial charge in [-0.15, -0.1) is 0 Å². The molecule has 7 heteroatoms. The fourth-order valence-corrected chi connectivity index (χ4v) is 4.49. The molecule has 0 spiro atoms. The third-order valence-electron chi connectivity index (χ3n) is 6.08. The number of anilines is 2. The predicted octanol–water partition coefficient (Wildman–Crippen LogP) is 6.04. The van der Waals surface area contributed by atoms with Gasteiger partial charge in [0.05, 0.1) is 18.8 Å².